The summed E-state index contributed by atoms with van der Waals surface area (Å²) in [4.78, 5) is 34.1. The zero-order chi connectivity index (χ0) is 27.6. The van der Waals surface area contributed by atoms with Crippen LogP contribution in [0.15, 0.2) is 79.5 Å². The van der Waals surface area contributed by atoms with E-state index in [4.69, 9.17) is 0 Å². The number of benzene rings is 2. The molecule has 0 saturated carbocycles. The molecule has 2 aromatic carbocycles. The highest BCUT2D eigenvalue weighted by Crippen LogP contribution is 2.35. The zero-order valence-corrected chi connectivity index (χ0v) is 20.7. The van der Waals surface area contributed by atoms with Gasteiger partial charge in [-0.1, -0.05) is 0 Å². The maximum absolute atomic E-state index is 13.6. The molecule has 1 amide bonds. The summed E-state index contributed by atoms with van der Waals surface area (Å²) in [5, 5.41) is 5.74. The van der Waals surface area contributed by atoms with Gasteiger partial charge in [-0.3, -0.25) is 14.8 Å². The van der Waals surface area contributed by atoms with Gasteiger partial charge in [0.25, 0.3) is 5.91 Å². The first-order valence-electron chi connectivity index (χ1n) is 11.7. The molecule has 0 saturated heterocycles. The van der Waals surface area contributed by atoms with Crippen LogP contribution >= 0.6 is 0 Å². The molecule has 0 atom stereocenters. The molecule has 5 rings (SSSR count). The summed E-state index contributed by atoms with van der Waals surface area (Å²) in [5.41, 5.74) is 2.17. The van der Waals surface area contributed by atoms with E-state index in [1.807, 2.05) is 6.92 Å². The number of aromatic nitrogens is 6. The lowest BCUT2D eigenvalue weighted by atomic mass is 10.1. The summed E-state index contributed by atoms with van der Waals surface area (Å²) in [6.07, 6.45) is 3.07. The maximum atomic E-state index is 13.6. The first kappa shape index (κ1) is 25.5. The van der Waals surface area contributed by atoms with Crippen LogP contribution in [0, 0.1) is 13.8 Å². The second-order valence-electron chi connectivity index (χ2n) is 8.49. The molecule has 0 aliphatic rings. The van der Waals surface area contributed by atoms with E-state index in [2.05, 4.69) is 35.6 Å². The van der Waals surface area contributed by atoms with E-state index >= 15 is 0 Å². The molecule has 0 bridgehead atoms. The Morgan fingerprint density at radius 3 is 2.28 bits per heavy atom. The van der Waals surface area contributed by atoms with Crippen LogP contribution in [-0.2, 0) is 6.18 Å². The number of imidazole rings is 1. The first-order valence-corrected chi connectivity index (χ1v) is 11.7. The molecule has 0 radical (unpaired) electrons. The minimum atomic E-state index is -4.58. The van der Waals surface area contributed by atoms with Gasteiger partial charge in [0.15, 0.2) is 0 Å². The minimum Gasteiger partial charge on any atom is -0.324 e. The number of hydrogen-bond acceptors (Lipinski definition) is 7. The Balaban J connectivity index is 1.32. The van der Waals surface area contributed by atoms with Gasteiger partial charge in [0.1, 0.15) is 11.5 Å². The summed E-state index contributed by atoms with van der Waals surface area (Å²) in [5.74, 6) is 0.237. The lowest BCUT2D eigenvalue weighted by Crippen LogP contribution is -2.15. The molecule has 0 aliphatic heterocycles. The molecule has 196 valence electrons. The van der Waals surface area contributed by atoms with Crippen molar-refractivity contribution < 1.29 is 18.0 Å². The zero-order valence-electron chi connectivity index (χ0n) is 20.7. The van der Waals surface area contributed by atoms with Gasteiger partial charge in [-0.05, 0) is 62.4 Å². The van der Waals surface area contributed by atoms with E-state index in [1.54, 1.807) is 55.8 Å². The first-order chi connectivity index (χ1) is 18.7. The van der Waals surface area contributed by atoms with Crippen LogP contribution in [0.4, 0.5) is 30.5 Å². The molecule has 3 heterocycles. The van der Waals surface area contributed by atoms with E-state index < -0.39 is 17.6 Å². The largest absolute Gasteiger partial charge is 0.418 e. The van der Waals surface area contributed by atoms with Gasteiger partial charge in [0.2, 0.25) is 5.95 Å². The van der Waals surface area contributed by atoms with Gasteiger partial charge in [0, 0.05) is 47.9 Å². The number of rotatable bonds is 6. The van der Waals surface area contributed by atoms with Crippen molar-refractivity contribution in [3.63, 3.8) is 0 Å². The van der Waals surface area contributed by atoms with Gasteiger partial charge in [-0.2, -0.15) is 13.2 Å². The normalized spacial score (nSPS) is 11.3. The molecule has 12 heteroatoms. The maximum Gasteiger partial charge on any atom is 0.418 e. The number of amides is 1. The predicted molar refractivity (Wildman–Crippen MR) is 139 cm³/mol. The standard InChI is InChI=1S/C27H21F3N8O/c1-16-24(33-12-11-31-16)22-9-10-34-26(37-22)36-19-5-3-18(4-6-19)25(39)35-20-7-8-21(27(28,29)30)23(15-20)38-14-13-32-17(38)2/h3-15H,1-2H3,(H,35,39)(H,34,36,37). The van der Waals surface area contributed by atoms with Crippen molar-refractivity contribution in [2.45, 2.75) is 20.0 Å². The van der Waals surface area contributed by atoms with Gasteiger partial charge in [-0.15, -0.1) is 0 Å². The third kappa shape index (κ3) is 5.59. The van der Waals surface area contributed by atoms with E-state index in [9.17, 15) is 18.0 Å². The van der Waals surface area contributed by atoms with Crippen molar-refractivity contribution >= 4 is 23.2 Å². The van der Waals surface area contributed by atoms with Crippen molar-refractivity contribution in [2.75, 3.05) is 10.6 Å². The summed E-state index contributed by atoms with van der Waals surface area (Å²) >= 11 is 0. The Kier molecular flexibility index (Phi) is 6.75. The topological polar surface area (TPSA) is 111 Å². The number of nitrogens with one attached hydrogen (secondary N) is 2. The third-order valence-corrected chi connectivity index (χ3v) is 5.83. The van der Waals surface area contributed by atoms with E-state index in [0.717, 1.165) is 11.8 Å². The average molecular weight is 531 g/mol. The molecule has 0 aliphatic carbocycles. The van der Waals surface area contributed by atoms with Gasteiger partial charge in [-0.25, -0.2) is 15.0 Å². The quantitative estimate of drug-likeness (QED) is 0.288. The predicted octanol–water partition coefficient (Wildman–Crippen LogP) is 5.75. The van der Waals surface area contributed by atoms with Crippen molar-refractivity contribution in [3.8, 4) is 17.1 Å². The molecular formula is C27H21F3N8O. The van der Waals surface area contributed by atoms with Crippen molar-refractivity contribution in [1.82, 2.24) is 29.5 Å². The fourth-order valence-corrected chi connectivity index (χ4v) is 3.93. The average Bonchev–Trinajstić information content (AvgIpc) is 3.34. The Hall–Kier alpha value is -5.13. The van der Waals surface area contributed by atoms with E-state index in [1.165, 1.54) is 29.1 Å². The lowest BCUT2D eigenvalue weighted by Gasteiger charge is -2.16. The van der Waals surface area contributed by atoms with Gasteiger partial charge in [0.05, 0.1) is 22.6 Å². The third-order valence-electron chi connectivity index (χ3n) is 5.83. The number of alkyl halides is 3. The smallest absolute Gasteiger partial charge is 0.324 e. The van der Waals surface area contributed by atoms with Gasteiger partial charge >= 0.3 is 6.18 Å². The monoisotopic (exact) mass is 530 g/mol. The molecule has 2 N–H and O–H groups in total. The molecule has 0 fully saturated rings. The molecule has 0 unspecified atom stereocenters. The lowest BCUT2D eigenvalue weighted by molar-refractivity contribution is -0.137. The number of halogens is 3. The van der Waals surface area contributed by atoms with E-state index in [0.29, 0.717) is 34.4 Å². The molecule has 39 heavy (non-hydrogen) atoms. The summed E-state index contributed by atoms with van der Waals surface area (Å²) in [6, 6.07) is 11.7. The molecule has 9 nitrogen and oxygen atoms in total. The number of anilines is 3. The molecule has 0 spiro atoms. The second-order valence-corrected chi connectivity index (χ2v) is 8.49. The fourth-order valence-electron chi connectivity index (χ4n) is 3.93. The minimum absolute atomic E-state index is 0.131. The van der Waals surface area contributed by atoms with Crippen LogP contribution in [0.5, 0.6) is 0 Å². The SMILES string of the molecule is Cc1nccnc1-c1ccnc(Nc2ccc(C(=O)Nc3ccc(C(F)(F)F)c(-n4ccnc4C)c3)cc2)n1. The highest BCUT2D eigenvalue weighted by atomic mass is 19.4. The van der Waals surface area contributed by atoms with Crippen LogP contribution in [0.25, 0.3) is 17.1 Å². The summed E-state index contributed by atoms with van der Waals surface area (Å²) in [7, 11) is 0. The Bertz CT molecular complexity index is 1650. The molecule has 3 aromatic heterocycles. The van der Waals surface area contributed by atoms with Crippen LogP contribution in [0.3, 0.4) is 0 Å². The van der Waals surface area contributed by atoms with Gasteiger partial charge < -0.3 is 15.2 Å². The van der Waals surface area contributed by atoms with Crippen LogP contribution in [0.1, 0.15) is 27.4 Å². The fraction of sp³-hybridized carbons (Fsp3) is 0.111. The second kappa shape index (κ2) is 10.3. The van der Waals surface area contributed by atoms with Crippen LogP contribution in [0.2, 0.25) is 0 Å². The summed E-state index contributed by atoms with van der Waals surface area (Å²) < 4.78 is 42.1. The number of hydrogen-bond donors (Lipinski definition) is 2. The summed E-state index contributed by atoms with van der Waals surface area (Å²) in [6.45, 7) is 3.44. The highest BCUT2D eigenvalue weighted by Gasteiger charge is 2.34. The Morgan fingerprint density at radius 2 is 1.59 bits per heavy atom. The van der Waals surface area contributed by atoms with Crippen LogP contribution < -0.4 is 10.6 Å². The highest BCUT2D eigenvalue weighted by molar-refractivity contribution is 6.04. The van der Waals surface area contributed by atoms with Crippen molar-refractivity contribution in [1.29, 1.82) is 0 Å². The Labute approximate surface area is 220 Å². The number of carbonyl (C=O) groups is 1. The van der Waals surface area contributed by atoms with E-state index in [-0.39, 0.29) is 11.4 Å². The Morgan fingerprint density at radius 1 is 0.846 bits per heavy atom. The van der Waals surface area contributed by atoms with Crippen molar-refractivity contribution in [2.24, 2.45) is 0 Å². The molecule has 5 aromatic rings. The number of aryl methyl sites for hydroxylation is 2. The van der Waals surface area contributed by atoms with Crippen molar-refractivity contribution in [3.05, 3.63) is 102 Å². The van der Waals surface area contributed by atoms with Crippen LogP contribution in [-0.4, -0.2) is 35.4 Å². The molecular weight excluding hydrogens is 509 g/mol. The number of carbonyl (C=O) groups excluding carboxylic acids is 1. The number of nitrogens with zero attached hydrogens (tertiary/aromatic N) is 6.